The molecule has 0 unspecified atom stereocenters. The number of hydrogen-bond acceptors (Lipinski definition) is 6. The average Bonchev–Trinajstić information content (AvgIpc) is 2.38. The smallest absolute Gasteiger partial charge is 0.217 e. The van der Waals surface area contributed by atoms with Crippen molar-refractivity contribution in [1.29, 1.82) is 0 Å². The van der Waals surface area contributed by atoms with Crippen molar-refractivity contribution >= 4 is 5.91 Å². The van der Waals surface area contributed by atoms with E-state index in [0.717, 1.165) is 0 Å². The minimum absolute atomic E-state index is 0.201. The molecule has 0 aromatic rings. The second-order valence-electron chi connectivity index (χ2n) is 4.26. The monoisotopic (exact) mass is 275 g/mol. The first-order chi connectivity index (χ1) is 9.04. The third-order valence-electron chi connectivity index (χ3n) is 2.86. The highest BCUT2D eigenvalue weighted by Crippen LogP contribution is 2.24. The molecule has 0 aromatic heterocycles. The van der Waals surface area contributed by atoms with Crippen molar-refractivity contribution in [1.82, 2.24) is 5.32 Å². The standard InChI is InChI=1S/C12H21NO6/c1-4-5-18-11-9(13-7(2)15)12(17-3)19-8(6-14)10(11)16/h4,8-12,14,16H,1,5-6H2,2-3H3,(H,13,15)/t8-,9+,10-,11-,12+/m1/s1. The van der Waals surface area contributed by atoms with Crippen LogP contribution in [-0.4, -0.2) is 67.1 Å². The molecule has 0 spiro atoms. The van der Waals surface area contributed by atoms with Gasteiger partial charge in [-0.15, -0.1) is 6.58 Å². The first kappa shape index (κ1) is 16.1. The molecule has 110 valence electrons. The maximum absolute atomic E-state index is 11.2. The molecule has 1 heterocycles. The van der Waals surface area contributed by atoms with Gasteiger partial charge in [0.25, 0.3) is 0 Å². The summed E-state index contributed by atoms with van der Waals surface area (Å²) in [5.74, 6) is -0.294. The molecule has 0 radical (unpaired) electrons. The minimum Gasteiger partial charge on any atom is -0.394 e. The Kier molecular flexibility index (Phi) is 6.40. The number of aliphatic hydroxyl groups is 2. The summed E-state index contributed by atoms with van der Waals surface area (Å²) in [5.41, 5.74) is 0. The summed E-state index contributed by atoms with van der Waals surface area (Å²) < 4.78 is 16.0. The van der Waals surface area contributed by atoms with Gasteiger partial charge in [0.05, 0.1) is 13.2 Å². The summed E-state index contributed by atoms with van der Waals surface area (Å²) in [7, 11) is 1.41. The van der Waals surface area contributed by atoms with Crippen molar-refractivity contribution < 1.29 is 29.2 Å². The second-order valence-corrected chi connectivity index (χ2v) is 4.26. The SMILES string of the molecule is C=CCO[C@H]1[C@H](O)[C@@H](CO)O[C@H](OC)[C@H]1NC(C)=O. The summed E-state index contributed by atoms with van der Waals surface area (Å²) in [4.78, 5) is 11.2. The van der Waals surface area contributed by atoms with Crippen LogP contribution in [0.15, 0.2) is 12.7 Å². The lowest BCUT2D eigenvalue weighted by Crippen LogP contribution is -2.65. The van der Waals surface area contributed by atoms with E-state index in [1.54, 1.807) is 0 Å². The Labute approximate surface area is 112 Å². The Morgan fingerprint density at radius 1 is 1.58 bits per heavy atom. The number of methoxy groups -OCH3 is 1. The molecule has 1 rings (SSSR count). The van der Waals surface area contributed by atoms with Crippen LogP contribution in [0.2, 0.25) is 0 Å². The molecular formula is C12H21NO6. The van der Waals surface area contributed by atoms with Crippen LogP contribution in [0, 0.1) is 0 Å². The van der Waals surface area contributed by atoms with Crippen molar-refractivity contribution in [3.63, 3.8) is 0 Å². The van der Waals surface area contributed by atoms with E-state index in [1.165, 1.54) is 20.1 Å². The second kappa shape index (κ2) is 7.56. The van der Waals surface area contributed by atoms with E-state index in [4.69, 9.17) is 14.2 Å². The molecule has 1 fully saturated rings. The quantitative estimate of drug-likeness (QED) is 0.526. The number of aliphatic hydroxyl groups excluding tert-OH is 2. The Hall–Kier alpha value is -0.990. The normalized spacial score (nSPS) is 34.8. The van der Waals surface area contributed by atoms with Gasteiger partial charge in [-0.2, -0.15) is 0 Å². The van der Waals surface area contributed by atoms with Crippen molar-refractivity contribution in [2.75, 3.05) is 20.3 Å². The Morgan fingerprint density at radius 2 is 2.26 bits per heavy atom. The fourth-order valence-corrected chi connectivity index (χ4v) is 2.04. The Morgan fingerprint density at radius 3 is 2.74 bits per heavy atom. The van der Waals surface area contributed by atoms with E-state index in [-0.39, 0.29) is 19.1 Å². The van der Waals surface area contributed by atoms with Crippen LogP contribution in [-0.2, 0) is 19.0 Å². The van der Waals surface area contributed by atoms with E-state index < -0.39 is 30.6 Å². The highest BCUT2D eigenvalue weighted by molar-refractivity contribution is 5.73. The lowest BCUT2D eigenvalue weighted by atomic mass is 9.96. The Balaban J connectivity index is 2.89. The molecule has 5 atom stereocenters. The summed E-state index contributed by atoms with van der Waals surface area (Å²) in [6, 6.07) is -0.666. The summed E-state index contributed by atoms with van der Waals surface area (Å²) in [6.45, 7) is 4.71. The molecule has 0 aliphatic carbocycles. The van der Waals surface area contributed by atoms with Crippen molar-refractivity contribution in [2.45, 2.75) is 37.6 Å². The number of rotatable bonds is 6. The lowest BCUT2D eigenvalue weighted by Gasteiger charge is -2.43. The summed E-state index contributed by atoms with van der Waals surface area (Å²) >= 11 is 0. The molecule has 7 nitrogen and oxygen atoms in total. The fourth-order valence-electron chi connectivity index (χ4n) is 2.04. The Bertz CT molecular complexity index is 311. The summed E-state index contributed by atoms with van der Waals surface area (Å²) in [5, 5.41) is 21.9. The van der Waals surface area contributed by atoms with Gasteiger partial charge in [-0.1, -0.05) is 6.08 Å². The number of hydrogen-bond donors (Lipinski definition) is 3. The topological polar surface area (TPSA) is 97.2 Å². The van der Waals surface area contributed by atoms with Crippen molar-refractivity contribution in [3.8, 4) is 0 Å². The van der Waals surface area contributed by atoms with E-state index in [1.807, 2.05) is 0 Å². The first-order valence-corrected chi connectivity index (χ1v) is 6.02. The average molecular weight is 275 g/mol. The summed E-state index contributed by atoms with van der Waals surface area (Å²) in [6.07, 6.45) is -1.93. The molecule has 1 amide bonds. The lowest BCUT2D eigenvalue weighted by molar-refractivity contribution is -0.268. The van der Waals surface area contributed by atoms with Gasteiger partial charge in [0, 0.05) is 14.0 Å². The molecule has 0 aromatic carbocycles. The van der Waals surface area contributed by atoms with Crippen LogP contribution < -0.4 is 5.32 Å². The molecule has 0 bridgehead atoms. The number of ether oxygens (including phenoxy) is 3. The predicted octanol–water partition coefficient (Wildman–Crippen LogP) is -1.21. The molecule has 1 aliphatic heterocycles. The van der Waals surface area contributed by atoms with Gasteiger partial charge in [0.2, 0.25) is 5.91 Å². The van der Waals surface area contributed by atoms with Crippen LogP contribution in [0.25, 0.3) is 0 Å². The van der Waals surface area contributed by atoms with Crippen molar-refractivity contribution in [2.24, 2.45) is 0 Å². The predicted molar refractivity (Wildman–Crippen MR) is 66.3 cm³/mol. The van der Waals surface area contributed by atoms with Gasteiger partial charge in [-0.3, -0.25) is 4.79 Å². The fraction of sp³-hybridized carbons (Fsp3) is 0.750. The molecule has 1 saturated heterocycles. The molecule has 1 aliphatic rings. The maximum Gasteiger partial charge on any atom is 0.217 e. The van der Waals surface area contributed by atoms with E-state index in [2.05, 4.69) is 11.9 Å². The number of amides is 1. The van der Waals surface area contributed by atoms with Crippen LogP contribution in [0.1, 0.15) is 6.92 Å². The van der Waals surface area contributed by atoms with Gasteiger partial charge in [0.1, 0.15) is 24.4 Å². The zero-order valence-electron chi connectivity index (χ0n) is 11.1. The van der Waals surface area contributed by atoms with E-state index in [0.29, 0.717) is 0 Å². The molecular weight excluding hydrogens is 254 g/mol. The van der Waals surface area contributed by atoms with Crippen LogP contribution in [0.5, 0.6) is 0 Å². The highest BCUT2D eigenvalue weighted by Gasteiger charge is 2.46. The van der Waals surface area contributed by atoms with Crippen LogP contribution >= 0.6 is 0 Å². The van der Waals surface area contributed by atoms with E-state index >= 15 is 0 Å². The van der Waals surface area contributed by atoms with Gasteiger partial charge in [-0.05, 0) is 0 Å². The molecule has 3 N–H and O–H groups in total. The third kappa shape index (κ3) is 3.99. The number of nitrogens with one attached hydrogen (secondary N) is 1. The van der Waals surface area contributed by atoms with Gasteiger partial charge in [0.15, 0.2) is 6.29 Å². The zero-order valence-corrected chi connectivity index (χ0v) is 11.1. The van der Waals surface area contributed by atoms with Crippen LogP contribution in [0.3, 0.4) is 0 Å². The molecule has 19 heavy (non-hydrogen) atoms. The van der Waals surface area contributed by atoms with Gasteiger partial charge < -0.3 is 29.7 Å². The zero-order chi connectivity index (χ0) is 14.4. The van der Waals surface area contributed by atoms with Gasteiger partial charge in [-0.25, -0.2) is 0 Å². The van der Waals surface area contributed by atoms with Crippen LogP contribution in [0.4, 0.5) is 0 Å². The first-order valence-electron chi connectivity index (χ1n) is 6.02. The van der Waals surface area contributed by atoms with E-state index in [9.17, 15) is 15.0 Å². The van der Waals surface area contributed by atoms with Crippen molar-refractivity contribution in [3.05, 3.63) is 12.7 Å². The molecule has 0 saturated carbocycles. The number of carbonyl (C=O) groups excluding carboxylic acids is 1. The third-order valence-corrected chi connectivity index (χ3v) is 2.86. The number of carbonyl (C=O) groups is 1. The van der Waals surface area contributed by atoms with Gasteiger partial charge >= 0.3 is 0 Å². The molecule has 7 heteroatoms. The largest absolute Gasteiger partial charge is 0.394 e. The highest BCUT2D eigenvalue weighted by atomic mass is 16.7. The maximum atomic E-state index is 11.2. The minimum atomic E-state index is -1.08.